The SMILES string of the molecule is COc1cc(Cl)c(C)cc1NC(=O)c1cc(NCc2ccccc2C)ccn1. The average Bonchev–Trinajstić information content (AvgIpc) is 2.70. The smallest absolute Gasteiger partial charge is 0.274 e. The fourth-order valence-corrected chi connectivity index (χ4v) is 2.94. The van der Waals surface area contributed by atoms with Crippen LogP contribution in [-0.2, 0) is 6.54 Å². The van der Waals surface area contributed by atoms with Crippen LogP contribution in [0.1, 0.15) is 27.2 Å². The van der Waals surface area contributed by atoms with E-state index in [4.69, 9.17) is 16.3 Å². The molecule has 3 rings (SSSR count). The van der Waals surface area contributed by atoms with E-state index in [-0.39, 0.29) is 5.91 Å². The van der Waals surface area contributed by atoms with Crippen molar-refractivity contribution in [3.63, 3.8) is 0 Å². The third kappa shape index (κ3) is 4.61. The van der Waals surface area contributed by atoms with Crippen LogP contribution >= 0.6 is 11.6 Å². The van der Waals surface area contributed by atoms with Crippen molar-refractivity contribution < 1.29 is 9.53 Å². The molecule has 0 aliphatic carbocycles. The summed E-state index contributed by atoms with van der Waals surface area (Å²) in [6, 6.07) is 15.2. The van der Waals surface area contributed by atoms with Crippen LogP contribution < -0.4 is 15.4 Å². The van der Waals surface area contributed by atoms with Crippen molar-refractivity contribution in [2.24, 2.45) is 0 Å². The summed E-state index contributed by atoms with van der Waals surface area (Å²) in [7, 11) is 1.53. The van der Waals surface area contributed by atoms with Crippen molar-refractivity contribution in [1.29, 1.82) is 0 Å². The van der Waals surface area contributed by atoms with Gasteiger partial charge in [0.25, 0.3) is 5.91 Å². The Balaban J connectivity index is 1.74. The lowest BCUT2D eigenvalue weighted by Gasteiger charge is -2.13. The molecule has 0 bridgehead atoms. The average molecular weight is 396 g/mol. The number of halogens is 1. The van der Waals surface area contributed by atoms with Gasteiger partial charge in [-0.25, -0.2) is 0 Å². The molecule has 144 valence electrons. The highest BCUT2D eigenvalue weighted by Crippen LogP contribution is 2.31. The summed E-state index contributed by atoms with van der Waals surface area (Å²) in [5, 5.41) is 6.76. The van der Waals surface area contributed by atoms with E-state index in [0.29, 0.717) is 28.7 Å². The van der Waals surface area contributed by atoms with Crippen LogP contribution in [0.2, 0.25) is 5.02 Å². The van der Waals surface area contributed by atoms with Crippen LogP contribution in [0.25, 0.3) is 0 Å². The molecule has 1 aromatic heterocycles. The van der Waals surface area contributed by atoms with Crippen LogP contribution in [-0.4, -0.2) is 18.0 Å². The molecule has 2 N–H and O–H groups in total. The second kappa shape index (κ2) is 8.76. The third-order valence-corrected chi connectivity index (χ3v) is 4.87. The molecule has 0 aliphatic heterocycles. The van der Waals surface area contributed by atoms with E-state index in [1.165, 1.54) is 18.2 Å². The summed E-state index contributed by atoms with van der Waals surface area (Å²) < 4.78 is 5.31. The normalized spacial score (nSPS) is 10.4. The molecule has 0 saturated carbocycles. The highest BCUT2D eigenvalue weighted by molar-refractivity contribution is 6.31. The number of hydrogen-bond donors (Lipinski definition) is 2. The van der Waals surface area contributed by atoms with Gasteiger partial charge in [-0.15, -0.1) is 0 Å². The van der Waals surface area contributed by atoms with Crippen LogP contribution in [0.5, 0.6) is 5.75 Å². The number of amides is 1. The van der Waals surface area contributed by atoms with Gasteiger partial charge in [0.2, 0.25) is 0 Å². The molecule has 6 heteroatoms. The maximum atomic E-state index is 12.7. The van der Waals surface area contributed by atoms with Crippen molar-refractivity contribution in [3.8, 4) is 5.75 Å². The molecule has 0 unspecified atom stereocenters. The summed E-state index contributed by atoms with van der Waals surface area (Å²) in [6.45, 7) is 4.61. The minimum absolute atomic E-state index is 0.310. The molecular weight excluding hydrogens is 374 g/mol. The Labute approximate surface area is 169 Å². The van der Waals surface area contributed by atoms with Gasteiger partial charge in [0.05, 0.1) is 12.8 Å². The Morgan fingerprint density at radius 1 is 1.11 bits per heavy atom. The molecule has 0 atom stereocenters. The van der Waals surface area contributed by atoms with Crippen LogP contribution in [0, 0.1) is 13.8 Å². The topological polar surface area (TPSA) is 63.2 Å². The number of benzene rings is 2. The van der Waals surface area contributed by atoms with Crippen LogP contribution in [0.4, 0.5) is 11.4 Å². The van der Waals surface area contributed by atoms with Gasteiger partial charge in [0.1, 0.15) is 11.4 Å². The fourth-order valence-electron chi connectivity index (χ4n) is 2.79. The first-order chi connectivity index (χ1) is 13.5. The molecule has 3 aromatic rings. The Morgan fingerprint density at radius 2 is 1.89 bits per heavy atom. The standard InChI is InChI=1S/C22H22ClN3O2/c1-14-6-4-5-7-16(14)13-25-17-8-9-24-20(11-17)22(27)26-19-10-15(2)18(23)12-21(19)28-3/h4-12H,13H2,1-3H3,(H,24,25)(H,26,27). The number of carbonyl (C=O) groups is 1. The van der Waals surface area contributed by atoms with Gasteiger partial charge in [-0.1, -0.05) is 35.9 Å². The fraction of sp³-hybridized carbons (Fsp3) is 0.182. The molecule has 1 heterocycles. The van der Waals surface area contributed by atoms with Gasteiger partial charge in [0, 0.05) is 29.5 Å². The predicted octanol–water partition coefficient (Wildman–Crippen LogP) is 5.22. The predicted molar refractivity (Wildman–Crippen MR) is 113 cm³/mol. The van der Waals surface area contributed by atoms with Gasteiger partial charge >= 0.3 is 0 Å². The lowest BCUT2D eigenvalue weighted by Crippen LogP contribution is -2.15. The molecule has 0 aliphatic rings. The summed E-state index contributed by atoms with van der Waals surface area (Å²) in [5.41, 5.74) is 4.94. The van der Waals surface area contributed by atoms with Crippen molar-refractivity contribution >= 4 is 28.9 Å². The summed E-state index contributed by atoms with van der Waals surface area (Å²) in [4.78, 5) is 16.9. The number of methoxy groups -OCH3 is 1. The minimum Gasteiger partial charge on any atom is -0.495 e. The van der Waals surface area contributed by atoms with Gasteiger partial charge < -0.3 is 15.4 Å². The van der Waals surface area contributed by atoms with Gasteiger partial charge in [0.15, 0.2) is 0 Å². The maximum Gasteiger partial charge on any atom is 0.274 e. The number of nitrogens with zero attached hydrogens (tertiary/aromatic N) is 1. The van der Waals surface area contributed by atoms with Gasteiger partial charge in [-0.2, -0.15) is 0 Å². The number of ether oxygens (including phenoxy) is 1. The van der Waals surface area contributed by atoms with E-state index in [1.54, 1.807) is 24.4 Å². The van der Waals surface area contributed by atoms with Crippen molar-refractivity contribution in [2.75, 3.05) is 17.7 Å². The number of nitrogens with one attached hydrogen (secondary N) is 2. The molecule has 1 amide bonds. The van der Waals surface area contributed by atoms with Crippen molar-refractivity contribution in [3.05, 3.63) is 82.1 Å². The molecule has 0 saturated heterocycles. The van der Waals surface area contributed by atoms with Gasteiger partial charge in [-0.05, 0) is 48.7 Å². The molecule has 0 spiro atoms. The number of anilines is 2. The highest BCUT2D eigenvalue weighted by atomic mass is 35.5. The number of pyridine rings is 1. The number of aromatic nitrogens is 1. The quantitative estimate of drug-likeness (QED) is 0.600. The largest absolute Gasteiger partial charge is 0.495 e. The van der Waals surface area contributed by atoms with E-state index in [9.17, 15) is 4.79 Å². The summed E-state index contributed by atoms with van der Waals surface area (Å²) in [6.07, 6.45) is 1.61. The zero-order chi connectivity index (χ0) is 20.1. The first-order valence-electron chi connectivity index (χ1n) is 8.88. The second-order valence-corrected chi connectivity index (χ2v) is 6.87. The van der Waals surface area contributed by atoms with Crippen LogP contribution in [0.15, 0.2) is 54.7 Å². The highest BCUT2D eigenvalue weighted by Gasteiger charge is 2.13. The minimum atomic E-state index is -0.320. The van der Waals surface area contributed by atoms with E-state index in [0.717, 1.165) is 11.3 Å². The lowest BCUT2D eigenvalue weighted by atomic mass is 10.1. The van der Waals surface area contributed by atoms with Crippen LogP contribution in [0.3, 0.4) is 0 Å². The molecule has 2 aromatic carbocycles. The zero-order valence-electron chi connectivity index (χ0n) is 16.0. The third-order valence-electron chi connectivity index (χ3n) is 4.47. The first-order valence-corrected chi connectivity index (χ1v) is 9.25. The van der Waals surface area contributed by atoms with E-state index < -0.39 is 0 Å². The summed E-state index contributed by atoms with van der Waals surface area (Å²) >= 11 is 6.12. The molecule has 5 nitrogen and oxygen atoms in total. The monoisotopic (exact) mass is 395 g/mol. The van der Waals surface area contributed by atoms with E-state index >= 15 is 0 Å². The van der Waals surface area contributed by atoms with Crippen molar-refractivity contribution in [1.82, 2.24) is 4.98 Å². The zero-order valence-corrected chi connectivity index (χ0v) is 16.8. The lowest BCUT2D eigenvalue weighted by molar-refractivity contribution is 0.102. The molecule has 0 fully saturated rings. The first kappa shape index (κ1) is 19.7. The Morgan fingerprint density at radius 3 is 2.64 bits per heavy atom. The second-order valence-electron chi connectivity index (χ2n) is 6.47. The summed E-state index contributed by atoms with van der Waals surface area (Å²) in [5.74, 6) is 0.178. The van der Waals surface area contributed by atoms with E-state index in [2.05, 4.69) is 34.7 Å². The Kier molecular flexibility index (Phi) is 6.16. The molecule has 28 heavy (non-hydrogen) atoms. The molecule has 0 radical (unpaired) electrons. The maximum absolute atomic E-state index is 12.7. The Bertz CT molecular complexity index is 1000. The number of rotatable bonds is 6. The Hall–Kier alpha value is -3.05. The number of hydrogen-bond acceptors (Lipinski definition) is 4. The van der Waals surface area contributed by atoms with E-state index in [1.807, 2.05) is 25.1 Å². The van der Waals surface area contributed by atoms with Gasteiger partial charge in [-0.3, -0.25) is 9.78 Å². The molecular formula is C22H22ClN3O2. The van der Waals surface area contributed by atoms with Crippen molar-refractivity contribution in [2.45, 2.75) is 20.4 Å². The number of carbonyl (C=O) groups excluding carboxylic acids is 1. The number of aryl methyl sites for hydroxylation is 2.